The van der Waals surface area contributed by atoms with Crippen LogP contribution in [0.1, 0.15) is 37.3 Å². The zero-order valence-corrected chi connectivity index (χ0v) is 14.5. The van der Waals surface area contributed by atoms with Crippen LogP contribution in [-0.2, 0) is 4.74 Å². The normalized spacial score (nSPS) is 13.7. The second kappa shape index (κ2) is 7.40. The Morgan fingerprint density at radius 3 is 2.20 bits per heavy atom. The van der Waals surface area contributed by atoms with Gasteiger partial charge >= 0.3 is 6.09 Å². The number of hydrogen-bond donors (Lipinski definition) is 1. The molecule has 1 N–H and O–H groups in total. The van der Waals surface area contributed by atoms with Gasteiger partial charge in [-0.1, -0.05) is 62.4 Å². The van der Waals surface area contributed by atoms with Gasteiger partial charge < -0.3 is 10.1 Å². The van der Waals surface area contributed by atoms with Crippen LogP contribution in [0, 0.1) is 17.2 Å². The highest BCUT2D eigenvalue weighted by atomic mass is 16.5. The molecule has 4 heteroatoms. The summed E-state index contributed by atoms with van der Waals surface area (Å²) in [4.78, 5) is 12.1. The Morgan fingerprint density at radius 1 is 1.12 bits per heavy atom. The van der Waals surface area contributed by atoms with Gasteiger partial charge in [-0.25, -0.2) is 4.79 Å². The number of benzene rings is 2. The van der Waals surface area contributed by atoms with E-state index in [2.05, 4.69) is 35.7 Å². The van der Waals surface area contributed by atoms with E-state index in [1.165, 1.54) is 22.3 Å². The quantitative estimate of drug-likeness (QED) is 0.878. The third kappa shape index (κ3) is 3.66. The Hall–Kier alpha value is -2.80. The van der Waals surface area contributed by atoms with Gasteiger partial charge in [0.1, 0.15) is 12.6 Å². The van der Waals surface area contributed by atoms with Crippen molar-refractivity contribution < 1.29 is 9.53 Å². The van der Waals surface area contributed by atoms with E-state index in [1.54, 1.807) is 0 Å². The molecule has 25 heavy (non-hydrogen) atoms. The highest BCUT2D eigenvalue weighted by Gasteiger charge is 2.29. The van der Waals surface area contributed by atoms with Gasteiger partial charge in [0.2, 0.25) is 0 Å². The molecule has 0 saturated heterocycles. The number of carbonyl (C=O) groups is 1. The van der Waals surface area contributed by atoms with Gasteiger partial charge in [-0.2, -0.15) is 5.26 Å². The molecular weight excluding hydrogens is 312 g/mol. The van der Waals surface area contributed by atoms with Crippen LogP contribution in [0.4, 0.5) is 4.79 Å². The number of amides is 1. The first-order valence-electron chi connectivity index (χ1n) is 8.61. The summed E-state index contributed by atoms with van der Waals surface area (Å²) in [7, 11) is 0. The standard InChI is InChI=1S/C21H22N2O2/c1-14(2)11-15(12-22)23-21(24)25-13-20-18-9-5-3-7-16(18)17-8-4-6-10-19(17)20/h3-10,14-15,20H,11,13H2,1-2H3,(H,23,24). The molecule has 0 bridgehead atoms. The largest absolute Gasteiger partial charge is 0.449 e. The minimum Gasteiger partial charge on any atom is -0.449 e. The Morgan fingerprint density at radius 2 is 1.68 bits per heavy atom. The third-order valence-electron chi connectivity index (χ3n) is 4.50. The van der Waals surface area contributed by atoms with Crippen molar-refractivity contribution in [2.24, 2.45) is 5.92 Å². The number of alkyl carbamates (subject to hydrolysis) is 1. The molecule has 4 nitrogen and oxygen atoms in total. The highest BCUT2D eigenvalue weighted by Crippen LogP contribution is 2.44. The summed E-state index contributed by atoms with van der Waals surface area (Å²) in [6.45, 7) is 4.30. The molecule has 2 aromatic rings. The Bertz CT molecular complexity index is 762. The molecule has 128 valence electrons. The monoisotopic (exact) mass is 334 g/mol. The van der Waals surface area contributed by atoms with Crippen LogP contribution in [0.15, 0.2) is 48.5 Å². The molecule has 1 amide bonds. The number of fused-ring (bicyclic) bond motifs is 3. The topological polar surface area (TPSA) is 62.1 Å². The predicted octanol–water partition coefficient (Wildman–Crippen LogP) is 4.46. The SMILES string of the molecule is CC(C)CC(C#N)NC(=O)OCC1c2ccccc2-c2ccccc21. The number of nitriles is 1. The van der Waals surface area contributed by atoms with Crippen LogP contribution >= 0.6 is 0 Å². The van der Waals surface area contributed by atoms with Crippen molar-refractivity contribution >= 4 is 6.09 Å². The molecule has 0 heterocycles. The molecule has 0 spiro atoms. The molecule has 0 radical (unpaired) electrons. The minimum absolute atomic E-state index is 0.0313. The van der Waals surface area contributed by atoms with E-state index in [4.69, 9.17) is 10.00 Å². The van der Waals surface area contributed by atoms with Crippen LogP contribution in [0.5, 0.6) is 0 Å². The van der Waals surface area contributed by atoms with Gasteiger partial charge in [0.05, 0.1) is 6.07 Å². The van der Waals surface area contributed by atoms with Crippen molar-refractivity contribution in [1.82, 2.24) is 5.32 Å². The van der Waals surface area contributed by atoms with Crippen LogP contribution < -0.4 is 5.32 Å². The molecule has 1 unspecified atom stereocenters. The first kappa shape index (κ1) is 17.0. The third-order valence-corrected chi connectivity index (χ3v) is 4.50. The summed E-state index contributed by atoms with van der Waals surface area (Å²) in [6, 6.07) is 18.0. The van der Waals surface area contributed by atoms with Crippen LogP contribution in [0.3, 0.4) is 0 Å². The fourth-order valence-electron chi connectivity index (χ4n) is 3.40. The van der Waals surface area contributed by atoms with Gasteiger partial charge in [-0.3, -0.25) is 0 Å². The van der Waals surface area contributed by atoms with E-state index in [0.717, 1.165) is 0 Å². The maximum atomic E-state index is 12.1. The number of carbonyl (C=O) groups excluding carboxylic acids is 1. The van der Waals surface area contributed by atoms with E-state index < -0.39 is 12.1 Å². The summed E-state index contributed by atoms with van der Waals surface area (Å²) in [5.41, 5.74) is 4.75. The smallest absolute Gasteiger partial charge is 0.408 e. The fourth-order valence-corrected chi connectivity index (χ4v) is 3.40. The Balaban J connectivity index is 1.69. The van der Waals surface area contributed by atoms with Crippen LogP contribution in [0.25, 0.3) is 11.1 Å². The zero-order chi connectivity index (χ0) is 17.8. The lowest BCUT2D eigenvalue weighted by Crippen LogP contribution is -2.35. The summed E-state index contributed by atoms with van der Waals surface area (Å²) in [5, 5.41) is 11.8. The number of hydrogen-bond acceptors (Lipinski definition) is 3. The van der Waals surface area contributed by atoms with E-state index in [1.807, 2.05) is 38.1 Å². The average molecular weight is 334 g/mol. The first-order chi connectivity index (χ1) is 12.1. The summed E-state index contributed by atoms with van der Waals surface area (Å²) in [5.74, 6) is 0.363. The molecule has 2 aromatic carbocycles. The van der Waals surface area contributed by atoms with E-state index in [0.29, 0.717) is 12.3 Å². The molecule has 1 atom stereocenters. The molecule has 0 saturated carbocycles. The maximum absolute atomic E-state index is 12.1. The lowest BCUT2D eigenvalue weighted by Gasteiger charge is -2.17. The summed E-state index contributed by atoms with van der Waals surface area (Å²) >= 11 is 0. The number of nitrogens with zero attached hydrogens (tertiary/aromatic N) is 1. The molecule has 1 aliphatic rings. The van der Waals surface area contributed by atoms with Gasteiger partial charge in [0.15, 0.2) is 0 Å². The predicted molar refractivity (Wildman–Crippen MR) is 97.1 cm³/mol. The summed E-state index contributed by atoms with van der Waals surface area (Å²) in [6.07, 6.45) is 0.0785. The van der Waals surface area contributed by atoms with E-state index in [9.17, 15) is 4.79 Å². The number of rotatable bonds is 5. The average Bonchev–Trinajstić information content (AvgIpc) is 2.93. The van der Waals surface area contributed by atoms with Crippen LogP contribution in [0.2, 0.25) is 0 Å². The van der Waals surface area contributed by atoms with Crippen LogP contribution in [-0.4, -0.2) is 18.7 Å². The molecule has 0 aromatic heterocycles. The van der Waals surface area contributed by atoms with E-state index in [-0.39, 0.29) is 12.5 Å². The van der Waals surface area contributed by atoms with Crippen molar-refractivity contribution in [2.45, 2.75) is 32.2 Å². The highest BCUT2D eigenvalue weighted by molar-refractivity contribution is 5.79. The molecule has 0 aliphatic heterocycles. The number of ether oxygens (including phenoxy) is 1. The molecule has 0 fully saturated rings. The minimum atomic E-state index is -0.533. The van der Waals surface area contributed by atoms with Crippen molar-refractivity contribution in [3.63, 3.8) is 0 Å². The molecular formula is C21H22N2O2. The lowest BCUT2D eigenvalue weighted by atomic mass is 9.98. The second-order valence-electron chi connectivity index (χ2n) is 6.78. The van der Waals surface area contributed by atoms with Gasteiger partial charge in [-0.15, -0.1) is 0 Å². The first-order valence-corrected chi connectivity index (χ1v) is 8.61. The number of nitrogens with one attached hydrogen (secondary N) is 1. The second-order valence-corrected chi connectivity index (χ2v) is 6.78. The fraction of sp³-hybridized carbons (Fsp3) is 0.333. The molecule has 3 rings (SSSR count). The van der Waals surface area contributed by atoms with Gasteiger partial charge in [0.25, 0.3) is 0 Å². The zero-order valence-electron chi connectivity index (χ0n) is 14.5. The maximum Gasteiger partial charge on any atom is 0.408 e. The Labute approximate surface area is 148 Å². The summed E-state index contributed by atoms with van der Waals surface area (Å²) < 4.78 is 5.45. The van der Waals surface area contributed by atoms with Crippen molar-refractivity contribution in [2.75, 3.05) is 6.61 Å². The van der Waals surface area contributed by atoms with Gasteiger partial charge in [0, 0.05) is 5.92 Å². The van der Waals surface area contributed by atoms with Crippen molar-refractivity contribution in [1.29, 1.82) is 5.26 Å². The van der Waals surface area contributed by atoms with Crippen molar-refractivity contribution in [3.05, 3.63) is 59.7 Å². The van der Waals surface area contributed by atoms with Gasteiger partial charge in [-0.05, 0) is 34.6 Å². The Kier molecular flexibility index (Phi) is 5.04. The molecule has 1 aliphatic carbocycles. The lowest BCUT2D eigenvalue weighted by molar-refractivity contribution is 0.140. The van der Waals surface area contributed by atoms with Crippen molar-refractivity contribution in [3.8, 4) is 17.2 Å². The van der Waals surface area contributed by atoms with E-state index >= 15 is 0 Å².